The molecule has 7 heteroatoms. The molecule has 0 spiro atoms. The van der Waals surface area contributed by atoms with E-state index < -0.39 is 0 Å². The van der Waals surface area contributed by atoms with Crippen LogP contribution in [0.1, 0.15) is 28.9 Å². The van der Waals surface area contributed by atoms with Gasteiger partial charge in [-0.25, -0.2) is 9.50 Å². The van der Waals surface area contributed by atoms with Crippen molar-refractivity contribution < 1.29 is 9.53 Å². The van der Waals surface area contributed by atoms with E-state index in [0.717, 1.165) is 53.1 Å². The van der Waals surface area contributed by atoms with Crippen LogP contribution in [-0.4, -0.2) is 57.8 Å². The number of benzene rings is 2. The molecule has 2 aromatic heterocycles. The van der Waals surface area contributed by atoms with Crippen molar-refractivity contribution in [3.05, 3.63) is 77.1 Å². The fraction of sp³-hybridized carbons (Fsp3) is 0.370. The summed E-state index contributed by atoms with van der Waals surface area (Å²) in [6, 6.07) is 18.5. The lowest BCUT2D eigenvalue weighted by Crippen LogP contribution is -2.47. The SMILES string of the molecule is Cc1nc2c3ccccc3nn2c(C)c1CCC(=O)NCC1CN(Cc2ccccc2)CCO1. The fourth-order valence-corrected chi connectivity index (χ4v) is 4.78. The van der Waals surface area contributed by atoms with E-state index in [1.165, 1.54) is 5.56 Å². The molecule has 1 atom stereocenters. The highest BCUT2D eigenvalue weighted by atomic mass is 16.5. The molecule has 4 aromatic rings. The maximum Gasteiger partial charge on any atom is 0.220 e. The second-order valence-corrected chi connectivity index (χ2v) is 9.03. The van der Waals surface area contributed by atoms with Crippen molar-refractivity contribution in [3.8, 4) is 0 Å². The van der Waals surface area contributed by atoms with E-state index in [0.29, 0.717) is 26.0 Å². The van der Waals surface area contributed by atoms with Gasteiger partial charge in [0.15, 0.2) is 5.65 Å². The summed E-state index contributed by atoms with van der Waals surface area (Å²) >= 11 is 0. The van der Waals surface area contributed by atoms with Crippen molar-refractivity contribution in [2.45, 2.75) is 39.3 Å². The van der Waals surface area contributed by atoms with Gasteiger partial charge in [0.1, 0.15) is 0 Å². The summed E-state index contributed by atoms with van der Waals surface area (Å²) in [5.74, 6) is 0.0355. The molecule has 3 heterocycles. The summed E-state index contributed by atoms with van der Waals surface area (Å²) in [4.78, 5) is 19.8. The number of hydrogen-bond donors (Lipinski definition) is 1. The van der Waals surface area contributed by atoms with Crippen LogP contribution >= 0.6 is 0 Å². The van der Waals surface area contributed by atoms with E-state index in [-0.39, 0.29) is 12.0 Å². The molecule has 0 bridgehead atoms. The van der Waals surface area contributed by atoms with E-state index in [4.69, 9.17) is 14.8 Å². The third kappa shape index (κ3) is 4.81. The van der Waals surface area contributed by atoms with Crippen LogP contribution in [0.3, 0.4) is 0 Å². The van der Waals surface area contributed by atoms with Crippen molar-refractivity contribution >= 4 is 22.5 Å². The molecule has 5 rings (SSSR count). The van der Waals surface area contributed by atoms with Crippen LogP contribution < -0.4 is 5.32 Å². The van der Waals surface area contributed by atoms with Gasteiger partial charge >= 0.3 is 0 Å². The number of aryl methyl sites for hydroxylation is 2. The minimum absolute atomic E-state index is 0.0133. The highest BCUT2D eigenvalue weighted by molar-refractivity contribution is 5.92. The smallest absolute Gasteiger partial charge is 0.220 e. The van der Waals surface area contributed by atoms with E-state index in [9.17, 15) is 4.79 Å². The highest BCUT2D eigenvalue weighted by Gasteiger charge is 2.21. The maximum atomic E-state index is 12.6. The zero-order valence-corrected chi connectivity index (χ0v) is 19.8. The molecule has 1 aliphatic rings. The number of fused-ring (bicyclic) bond motifs is 3. The number of rotatable bonds is 7. The Morgan fingerprint density at radius 3 is 2.76 bits per heavy atom. The minimum Gasteiger partial charge on any atom is -0.374 e. The Morgan fingerprint density at radius 2 is 1.91 bits per heavy atom. The molecule has 0 saturated carbocycles. The van der Waals surface area contributed by atoms with Crippen LogP contribution in [-0.2, 0) is 22.5 Å². The fourth-order valence-electron chi connectivity index (χ4n) is 4.78. The number of hydrogen-bond acceptors (Lipinski definition) is 5. The molecule has 176 valence electrons. The summed E-state index contributed by atoms with van der Waals surface area (Å²) in [7, 11) is 0. The third-order valence-electron chi connectivity index (χ3n) is 6.62. The second-order valence-electron chi connectivity index (χ2n) is 9.03. The lowest BCUT2D eigenvalue weighted by Gasteiger charge is -2.33. The number of amides is 1. The molecule has 7 nitrogen and oxygen atoms in total. The molecular weight excluding hydrogens is 426 g/mol. The van der Waals surface area contributed by atoms with Crippen molar-refractivity contribution in [2.75, 3.05) is 26.2 Å². The van der Waals surface area contributed by atoms with Crippen molar-refractivity contribution in [1.29, 1.82) is 0 Å². The third-order valence-corrected chi connectivity index (χ3v) is 6.62. The van der Waals surface area contributed by atoms with E-state index in [1.54, 1.807) is 0 Å². The molecule has 2 aromatic carbocycles. The molecule has 34 heavy (non-hydrogen) atoms. The number of nitrogens with one attached hydrogen (secondary N) is 1. The minimum atomic E-state index is 0.0133. The van der Waals surface area contributed by atoms with Crippen LogP contribution in [0, 0.1) is 13.8 Å². The van der Waals surface area contributed by atoms with E-state index in [1.807, 2.05) is 41.8 Å². The van der Waals surface area contributed by atoms with Crippen LogP contribution in [0.4, 0.5) is 0 Å². The Morgan fingerprint density at radius 1 is 1.12 bits per heavy atom. The predicted molar refractivity (Wildman–Crippen MR) is 133 cm³/mol. The maximum absolute atomic E-state index is 12.6. The van der Waals surface area contributed by atoms with Gasteiger partial charge in [0, 0.05) is 49.4 Å². The zero-order chi connectivity index (χ0) is 23.5. The van der Waals surface area contributed by atoms with Crippen molar-refractivity contribution in [1.82, 2.24) is 24.8 Å². The van der Waals surface area contributed by atoms with Crippen molar-refractivity contribution in [2.24, 2.45) is 0 Å². The van der Waals surface area contributed by atoms with Gasteiger partial charge in [0.25, 0.3) is 0 Å². The number of morpholine rings is 1. The first kappa shape index (κ1) is 22.5. The number of carbonyl (C=O) groups is 1. The first-order chi connectivity index (χ1) is 16.6. The Kier molecular flexibility index (Phi) is 6.56. The number of carbonyl (C=O) groups excluding carboxylic acids is 1. The van der Waals surface area contributed by atoms with Gasteiger partial charge in [-0.15, -0.1) is 0 Å². The second kappa shape index (κ2) is 9.91. The molecular formula is C27H31N5O2. The zero-order valence-electron chi connectivity index (χ0n) is 19.8. The van der Waals surface area contributed by atoms with Gasteiger partial charge in [-0.3, -0.25) is 9.69 Å². The molecule has 1 amide bonds. The summed E-state index contributed by atoms with van der Waals surface area (Å²) in [6.07, 6.45) is 1.06. The quantitative estimate of drug-likeness (QED) is 0.460. The average molecular weight is 458 g/mol. The van der Waals surface area contributed by atoms with Crippen LogP contribution in [0.5, 0.6) is 0 Å². The van der Waals surface area contributed by atoms with Gasteiger partial charge in [0.2, 0.25) is 5.91 Å². The highest BCUT2D eigenvalue weighted by Crippen LogP contribution is 2.23. The molecule has 1 saturated heterocycles. The van der Waals surface area contributed by atoms with Gasteiger partial charge < -0.3 is 10.1 Å². The van der Waals surface area contributed by atoms with Gasteiger partial charge in [-0.1, -0.05) is 42.5 Å². The van der Waals surface area contributed by atoms with Gasteiger partial charge in [0.05, 0.1) is 18.2 Å². The number of aromatic nitrogens is 3. The Hall–Kier alpha value is -3.29. The van der Waals surface area contributed by atoms with Crippen LogP contribution in [0.15, 0.2) is 54.6 Å². The number of nitrogens with zero attached hydrogens (tertiary/aromatic N) is 4. The van der Waals surface area contributed by atoms with Gasteiger partial charge in [-0.05, 0) is 43.5 Å². The summed E-state index contributed by atoms with van der Waals surface area (Å²) in [5, 5.41) is 8.83. The molecule has 1 fully saturated rings. The molecule has 1 unspecified atom stereocenters. The lowest BCUT2D eigenvalue weighted by molar-refractivity contribution is -0.122. The van der Waals surface area contributed by atoms with Crippen LogP contribution in [0.25, 0.3) is 16.6 Å². The van der Waals surface area contributed by atoms with Gasteiger partial charge in [-0.2, -0.15) is 5.10 Å². The standard InChI is InChI=1S/C27H31N5O2/c1-19-23(20(2)32-27(29-19)24-10-6-7-11-25(24)30-32)12-13-26(33)28-16-22-18-31(14-15-34-22)17-21-8-4-3-5-9-21/h3-11,22H,12-18H2,1-2H3,(H,28,33). The topological polar surface area (TPSA) is 71.8 Å². The van der Waals surface area contributed by atoms with E-state index in [2.05, 4.69) is 41.4 Å². The summed E-state index contributed by atoms with van der Waals surface area (Å²) in [5.41, 5.74) is 6.18. The first-order valence-corrected chi connectivity index (χ1v) is 12.0. The molecule has 1 N–H and O–H groups in total. The van der Waals surface area contributed by atoms with Crippen molar-refractivity contribution in [3.63, 3.8) is 0 Å². The monoisotopic (exact) mass is 457 g/mol. The largest absolute Gasteiger partial charge is 0.374 e. The Bertz CT molecular complexity index is 1300. The Labute approximate surface area is 199 Å². The number of ether oxygens (including phenoxy) is 1. The predicted octanol–water partition coefficient (Wildman–Crippen LogP) is 3.45. The first-order valence-electron chi connectivity index (χ1n) is 12.0. The Balaban J connectivity index is 1.17. The van der Waals surface area contributed by atoms with Crippen LogP contribution in [0.2, 0.25) is 0 Å². The molecule has 1 aliphatic heterocycles. The molecule has 0 aliphatic carbocycles. The summed E-state index contributed by atoms with van der Waals surface area (Å²) < 4.78 is 7.80. The van der Waals surface area contributed by atoms with E-state index >= 15 is 0 Å². The summed E-state index contributed by atoms with van der Waals surface area (Å²) in [6.45, 7) is 7.93. The normalized spacial score (nSPS) is 16.8. The average Bonchev–Trinajstić information content (AvgIpc) is 3.22. The lowest BCUT2D eigenvalue weighted by atomic mass is 10.1. The molecule has 0 radical (unpaired) electrons.